The van der Waals surface area contributed by atoms with E-state index in [1.54, 1.807) is 0 Å². The summed E-state index contributed by atoms with van der Waals surface area (Å²) in [7, 11) is 0. The van der Waals surface area contributed by atoms with Crippen LogP contribution in [-0.2, 0) is 0 Å². The van der Waals surface area contributed by atoms with Gasteiger partial charge in [-0.1, -0.05) is 51.1 Å². The Bertz CT molecular complexity index is 98.3. The minimum atomic E-state index is 0.102. The molecule has 0 aromatic rings. The fraction of sp³-hybridized carbons (Fsp3) is 0.667. The van der Waals surface area contributed by atoms with E-state index in [1.807, 2.05) is 0 Å². The maximum absolute atomic E-state index is 4.90. The molecule has 4 heteroatoms. The minimum absolute atomic E-state index is 0.102. The first-order valence-electron chi connectivity index (χ1n) is 3.15. The Labute approximate surface area is 73.0 Å². The van der Waals surface area contributed by atoms with Crippen LogP contribution in [0.15, 0.2) is 0 Å². The summed E-state index contributed by atoms with van der Waals surface area (Å²) < 4.78 is 0. The van der Waals surface area contributed by atoms with E-state index in [2.05, 4.69) is 38.3 Å². The van der Waals surface area contributed by atoms with Gasteiger partial charge in [-0.2, -0.15) is 0 Å². The third kappa shape index (κ3) is 15.7. The molecule has 0 rings (SSSR count). The van der Waals surface area contributed by atoms with E-state index in [0.717, 1.165) is 0 Å². The van der Waals surface area contributed by atoms with Crippen molar-refractivity contribution in [3.8, 4) is 0 Å². The minimum Gasteiger partial charge on any atom is -0.388 e. The second-order valence-corrected chi connectivity index (χ2v) is 2.61. The van der Waals surface area contributed by atoms with Crippen LogP contribution in [0.2, 0.25) is 0 Å². The molecule has 0 saturated carbocycles. The quantitative estimate of drug-likeness (QED) is 0.595. The lowest BCUT2D eigenvalue weighted by atomic mass is 10.4. The van der Waals surface area contributed by atoms with Crippen LogP contribution in [0.3, 0.4) is 0 Å². The van der Waals surface area contributed by atoms with E-state index in [-0.39, 0.29) is 9.98 Å². The van der Waals surface area contributed by atoms with Crippen molar-refractivity contribution in [2.75, 3.05) is 0 Å². The molecule has 0 bridgehead atoms. The zero-order valence-electron chi connectivity index (χ0n) is 6.39. The first-order valence-corrected chi connectivity index (χ1v) is 3.97. The van der Waals surface area contributed by atoms with Crippen molar-refractivity contribution in [1.29, 1.82) is 0 Å². The fourth-order valence-corrected chi connectivity index (χ4v) is 0. The van der Waals surface area contributed by atoms with Gasteiger partial charge in [0.1, 0.15) is 9.98 Å². The highest BCUT2D eigenvalue weighted by Crippen LogP contribution is 1.76. The molecule has 0 fully saturated rings. The second kappa shape index (κ2) is 8.78. The van der Waals surface area contributed by atoms with Gasteiger partial charge < -0.3 is 11.5 Å². The molecule has 0 aromatic carbocycles. The first kappa shape index (κ1) is 12.5. The summed E-state index contributed by atoms with van der Waals surface area (Å²) in [6, 6.07) is 0. The maximum atomic E-state index is 4.90. The average molecular weight is 178 g/mol. The third-order valence-corrected chi connectivity index (χ3v) is 1.31. The monoisotopic (exact) mass is 178 g/mol. The molecule has 0 saturated heterocycles. The largest absolute Gasteiger partial charge is 0.388 e. The highest BCUT2D eigenvalue weighted by Gasteiger charge is 1.84. The second-order valence-electron chi connectivity index (χ2n) is 1.73. The van der Waals surface area contributed by atoms with Crippen molar-refractivity contribution in [3.05, 3.63) is 0 Å². The van der Waals surface area contributed by atoms with E-state index < -0.39 is 0 Å². The van der Waals surface area contributed by atoms with Crippen LogP contribution in [0.4, 0.5) is 0 Å². The van der Waals surface area contributed by atoms with Crippen molar-refractivity contribution in [1.82, 2.24) is 0 Å². The fourth-order valence-electron chi connectivity index (χ4n) is 0. The van der Waals surface area contributed by atoms with Gasteiger partial charge in [0.2, 0.25) is 0 Å². The van der Waals surface area contributed by atoms with Gasteiger partial charge in [-0.3, -0.25) is 0 Å². The van der Waals surface area contributed by atoms with Crippen LogP contribution in [-0.4, -0.2) is 9.98 Å². The molecule has 0 atom stereocenters. The summed E-state index contributed by atoms with van der Waals surface area (Å²) in [6.07, 6.45) is 2.64. The molecular weight excluding hydrogens is 164 g/mol. The van der Waals surface area contributed by atoms with Gasteiger partial charge in [0.15, 0.2) is 0 Å². The van der Waals surface area contributed by atoms with Gasteiger partial charge in [0, 0.05) is 0 Å². The average Bonchev–Trinajstić information content (AvgIpc) is 1.89. The predicted octanol–water partition coefficient (Wildman–Crippen LogP) is 1.37. The number of unbranched alkanes of at least 4 members (excludes halogenated alkanes) is 1. The smallest absolute Gasteiger partial charge is 0.131 e. The molecular formula is C6H14N2S2. The molecule has 0 aromatic heterocycles. The highest BCUT2D eigenvalue weighted by atomic mass is 32.1. The van der Waals surface area contributed by atoms with Crippen molar-refractivity contribution >= 4 is 34.4 Å². The molecule has 0 spiro atoms. The SMILES string of the molecule is CCCC.NC(=S)C(N)=S. The van der Waals surface area contributed by atoms with Gasteiger partial charge in [-0.25, -0.2) is 0 Å². The predicted molar refractivity (Wildman–Crippen MR) is 54.2 cm³/mol. The molecule has 0 aliphatic rings. The Morgan fingerprint density at radius 2 is 1.20 bits per heavy atom. The molecule has 0 heterocycles. The molecule has 0 aliphatic heterocycles. The Morgan fingerprint density at radius 3 is 1.20 bits per heavy atom. The summed E-state index contributed by atoms with van der Waals surface area (Å²) >= 11 is 8.66. The van der Waals surface area contributed by atoms with E-state index in [4.69, 9.17) is 11.5 Å². The highest BCUT2D eigenvalue weighted by molar-refractivity contribution is 7.89. The topological polar surface area (TPSA) is 52.0 Å². The lowest BCUT2D eigenvalue weighted by Gasteiger charge is -1.84. The summed E-state index contributed by atoms with van der Waals surface area (Å²) in [5.41, 5.74) is 9.80. The van der Waals surface area contributed by atoms with Gasteiger partial charge in [-0.05, 0) is 0 Å². The van der Waals surface area contributed by atoms with Crippen LogP contribution < -0.4 is 11.5 Å². The Balaban J connectivity index is 0. The summed E-state index contributed by atoms with van der Waals surface area (Å²) in [5.74, 6) is 0. The van der Waals surface area contributed by atoms with Crippen LogP contribution in [0, 0.1) is 0 Å². The Morgan fingerprint density at radius 1 is 1.00 bits per heavy atom. The van der Waals surface area contributed by atoms with Gasteiger partial charge >= 0.3 is 0 Å². The first-order chi connectivity index (χ1) is 4.56. The molecule has 0 radical (unpaired) electrons. The maximum Gasteiger partial charge on any atom is 0.131 e. The molecule has 60 valence electrons. The molecule has 10 heavy (non-hydrogen) atoms. The Kier molecular flexibility index (Phi) is 10.9. The van der Waals surface area contributed by atoms with Gasteiger partial charge in [-0.15, -0.1) is 0 Å². The molecule has 0 amide bonds. The van der Waals surface area contributed by atoms with Crippen LogP contribution in [0.25, 0.3) is 0 Å². The van der Waals surface area contributed by atoms with Crippen LogP contribution in [0.5, 0.6) is 0 Å². The number of rotatable bonds is 1. The lowest BCUT2D eigenvalue weighted by Crippen LogP contribution is -2.26. The van der Waals surface area contributed by atoms with Crippen molar-refractivity contribution in [2.45, 2.75) is 26.7 Å². The molecule has 0 unspecified atom stereocenters. The van der Waals surface area contributed by atoms with E-state index >= 15 is 0 Å². The van der Waals surface area contributed by atoms with Crippen molar-refractivity contribution in [2.24, 2.45) is 11.5 Å². The summed E-state index contributed by atoms with van der Waals surface area (Å²) in [5, 5.41) is 0. The molecule has 0 aliphatic carbocycles. The zero-order valence-corrected chi connectivity index (χ0v) is 8.02. The lowest BCUT2D eigenvalue weighted by molar-refractivity contribution is 0.886. The Hall–Kier alpha value is -0.220. The number of hydrogen-bond donors (Lipinski definition) is 2. The normalized spacial score (nSPS) is 7.40. The van der Waals surface area contributed by atoms with Crippen LogP contribution in [0.1, 0.15) is 26.7 Å². The summed E-state index contributed by atoms with van der Waals surface area (Å²) in [6.45, 7) is 4.36. The van der Waals surface area contributed by atoms with Crippen LogP contribution >= 0.6 is 24.4 Å². The van der Waals surface area contributed by atoms with E-state index in [1.165, 1.54) is 12.8 Å². The van der Waals surface area contributed by atoms with Gasteiger partial charge in [0.05, 0.1) is 0 Å². The van der Waals surface area contributed by atoms with E-state index in [9.17, 15) is 0 Å². The zero-order chi connectivity index (χ0) is 8.57. The number of nitrogens with two attached hydrogens (primary N) is 2. The summed E-state index contributed by atoms with van der Waals surface area (Å²) in [4.78, 5) is 0.204. The molecule has 4 N–H and O–H groups in total. The molecule has 2 nitrogen and oxygen atoms in total. The van der Waals surface area contributed by atoms with E-state index in [0.29, 0.717) is 0 Å². The number of thiocarbonyl (C=S) groups is 2. The van der Waals surface area contributed by atoms with Gasteiger partial charge in [0.25, 0.3) is 0 Å². The van der Waals surface area contributed by atoms with Crippen molar-refractivity contribution in [3.63, 3.8) is 0 Å². The number of hydrogen-bond acceptors (Lipinski definition) is 2. The van der Waals surface area contributed by atoms with Crippen molar-refractivity contribution < 1.29 is 0 Å². The third-order valence-electron chi connectivity index (χ3n) is 0.743. The standard InChI is InChI=1S/C4H10.C2H4N2S2/c1-3-4-2;3-1(5)2(4)6/h3-4H2,1-2H3;(H2,3,5)(H2,4,6).